The highest BCUT2D eigenvalue weighted by Crippen LogP contribution is 2.46. The van der Waals surface area contributed by atoms with E-state index in [0.717, 1.165) is 57.0 Å². The van der Waals surface area contributed by atoms with E-state index in [1.165, 1.54) is 6.92 Å². The molecule has 0 aromatic heterocycles. The number of carboxylic acid groups (broad SMARTS) is 1. The molecule has 0 radical (unpaired) electrons. The van der Waals surface area contributed by atoms with Gasteiger partial charge in [0.15, 0.2) is 31.2 Å². The van der Waals surface area contributed by atoms with Crippen molar-refractivity contribution in [2.45, 2.75) is 156 Å². The van der Waals surface area contributed by atoms with Gasteiger partial charge >= 0.3 is 12.1 Å². The topological polar surface area (TPSA) is 283 Å². The summed E-state index contributed by atoms with van der Waals surface area (Å²) in [6.45, 7) is 1.17. The van der Waals surface area contributed by atoms with Crippen LogP contribution in [0.5, 0.6) is 0 Å². The molecule has 5 N–H and O–H groups in total. The van der Waals surface area contributed by atoms with Crippen LogP contribution in [0.3, 0.4) is 0 Å². The van der Waals surface area contributed by atoms with E-state index in [1.54, 1.807) is 24.3 Å². The van der Waals surface area contributed by atoms with Crippen LogP contribution in [0.1, 0.15) is 76.9 Å². The number of carbonyl (C=O) groups is 4. The molecule has 8 aromatic rings. The average Bonchev–Trinajstić information content (AvgIpc) is 0.889. The van der Waals surface area contributed by atoms with E-state index in [-0.39, 0.29) is 58.8 Å². The van der Waals surface area contributed by atoms with Crippen molar-refractivity contribution in [1.82, 2.24) is 16.0 Å². The highest BCUT2D eigenvalue weighted by atomic mass is 16.8. The number of amides is 3. The summed E-state index contributed by atoms with van der Waals surface area (Å²) in [6, 6.07) is 68.9. The molecule has 2 unspecified atom stereocenters. The zero-order valence-corrected chi connectivity index (χ0v) is 58.3. The van der Waals surface area contributed by atoms with Crippen molar-refractivity contribution >= 4 is 23.9 Å². The van der Waals surface area contributed by atoms with Gasteiger partial charge in [-0.3, -0.25) is 9.59 Å². The summed E-state index contributed by atoms with van der Waals surface area (Å²) in [5, 5.41) is 32.5. The van der Waals surface area contributed by atoms with Gasteiger partial charge in [-0.25, -0.2) is 9.59 Å². The molecule has 6 aliphatic rings. The minimum absolute atomic E-state index is 0.0311. The molecule has 0 spiro atoms. The lowest BCUT2D eigenvalue weighted by Crippen LogP contribution is -2.77. The molecule has 5 saturated heterocycles. The van der Waals surface area contributed by atoms with Gasteiger partial charge in [-0.1, -0.05) is 231 Å². The minimum Gasteiger partial charge on any atom is -0.480 e. The first-order chi connectivity index (χ1) is 51.8. The molecule has 24 nitrogen and oxygen atoms in total. The Morgan fingerprint density at radius 1 is 0.491 bits per heavy atom. The number of fused-ring (bicyclic) bond motifs is 5. The maximum Gasteiger partial charge on any atom is 0.407 e. The van der Waals surface area contributed by atoms with Gasteiger partial charge in [0, 0.05) is 30.9 Å². The van der Waals surface area contributed by atoms with E-state index < -0.39 is 141 Å². The van der Waals surface area contributed by atoms with Crippen molar-refractivity contribution in [2.75, 3.05) is 33.0 Å². The molecule has 0 saturated carbocycles. The summed E-state index contributed by atoms with van der Waals surface area (Å²) >= 11 is 0. The van der Waals surface area contributed by atoms with Crippen molar-refractivity contribution in [1.29, 1.82) is 0 Å². The van der Waals surface area contributed by atoms with Gasteiger partial charge in [0.25, 0.3) is 0 Å². The first kappa shape index (κ1) is 73.7. The standard InChI is InChI=1S/C82H85N3O21/c1-50(86)83-67-71(93-42-53-27-11-4-12-28-53)68(104-79-73(95-44-55-31-15-6-16-32-55)72(94-43-54-29-13-5-14-30-54)69-65(101-79)48-96-76(103-69)56-33-17-7-18-34-56)64(47-92-41-52-25-9-3-10-26-52)100-78(67)106-74-70-66(49-97-77(105-70)57-35-19-8-20-36-57)102-80(82(74,91)85-51(2)87)98-46-63(75(88)89)84-81(90)99-45-62-60-39-23-21-37-58(60)59-38-22-24-40-61(59)62/h3-40,62-74,76-80,91H,41-49H2,1-2H3,(H,83,86)(H,84,90)(H,85,87)(H,88,89)/t63-,64+,65+,66+,67+,68+,69-,70-,71+,72-,73+,74-,76?,77?,78-,79-,80-,82+/m0/s1. The maximum atomic E-state index is 14.2. The predicted octanol–water partition coefficient (Wildman–Crippen LogP) is 9.47. The van der Waals surface area contributed by atoms with Crippen LogP contribution in [-0.2, 0) is 112 Å². The van der Waals surface area contributed by atoms with Crippen LogP contribution in [0, 0.1) is 0 Å². The second-order valence-corrected chi connectivity index (χ2v) is 26.8. The van der Waals surface area contributed by atoms with E-state index in [1.807, 2.05) is 206 Å². The Labute approximate surface area is 613 Å². The minimum atomic E-state index is -2.86. The lowest BCUT2D eigenvalue weighted by atomic mass is 9.90. The average molecular weight is 1450 g/mol. The second kappa shape index (κ2) is 34.6. The van der Waals surface area contributed by atoms with Crippen LogP contribution in [0.15, 0.2) is 231 Å². The first-order valence-electron chi connectivity index (χ1n) is 35.5. The lowest BCUT2D eigenvalue weighted by molar-refractivity contribution is -0.420. The van der Waals surface area contributed by atoms with Gasteiger partial charge in [-0.15, -0.1) is 0 Å². The Balaban J connectivity index is 0.818. The van der Waals surface area contributed by atoms with Crippen LogP contribution in [0.2, 0.25) is 0 Å². The zero-order chi connectivity index (χ0) is 72.9. The van der Waals surface area contributed by atoms with E-state index >= 15 is 0 Å². The van der Waals surface area contributed by atoms with Gasteiger partial charge in [0.05, 0.1) is 52.9 Å². The van der Waals surface area contributed by atoms with Crippen molar-refractivity contribution in [2.24, 2.45) is 0 Å². The number of rotatable bonds is 28. The van der Waals surface area contributed by atoms with Crippen LogP contribution >= 0.6 is 0 Å². The Kier molecular flexibility index (Phi) is 24.1. The third-order valence-corrected chi connectivity index (χ3v) is 19.4. The smallest absolute Gasteiger partial charge is 0.407 e. The van der Waals surface area contributed by atoms with Crippen molar-refractivity contribution in [3.63, 3.8) is 0 Å². The van der Waals surface area contributed by atoms with Crippen LogP contribution in [-0.4, -0.2) is 165 Å². The highest BCUT2D eigenvalue weighted by Gasteiger charge is 2.64. The number of alkyl carbamates (subject to hydrolysis) is 1. The molecule has 3 amide bonds. The highest BCUT2D eigenvalue weighted by molar-refractivity contribution is 5.81. The van der Waals surface area contributed by atoms with Crippen LogP contribution in [0.25, 0.3) is 11.1 Å². The predicted molar refractivity (Wildman–Crippen MR) is 379 cm³/mol. The summed E-state index contributed by atoms with van der Waals surface area (Å²) < 4.78 is 102. The molecule has 5 heterocycles. The number of aliphatic hydroxyl groups is 1. The third-order valence-electron chi connectivity index (χ3n) is 19.4. The van der Waals surface area contributed by atoms with E-state index in [2.05, 4.69) is 16.0 Å². The quantitative estimate of drug-likeness (QED) is 0.0285. The number of ether oxygens (including phenoxy) is 15. The molecule has 554 valence electrons. The maximum absolute atomic E-state index is 14.2. The molecule has 5 fully saturated rings. The fourth-order valence-corrected chi connectivity index (χ4v) is 14.4. The SMILES string of the molecule is CC(=O)N[C@H]1[C@H](O[C@H]2[C@H]3OC(c4ccccc4)OC[C@H]3O[C@H](OC[C@H](NC(=O)OCC3c4ccccc4-c4ccccc43)C(=O)O)[C@@]2(O)NC(C)=O)O[C@H](COCc2ccccc2)[C@@H](O[C@@H]2O[C@@H]3COC(c4ccccc4)O[C@@H]3[C@H](OCc3ccccc3)[C@H]2OCc2ccccc2)[C@@H]1OCc1ccccc1. The number of carboxylic acids is 1. The molecule has 0 bridgehead atoms. The molecule has 1 aliphatic carbocycles. The molecule has 24 heteroatoms. The number of carbonyl (C=O) groups excluding carboxylic acids is 3. The number of benzene rings is 8. The van der Waals surface area contributed by atoms with E-state index in [9.17, 15) is 29.4 Å². The molecule has 5 aliphatic heterocycles. The Morgan fingerprint density at radius 3 is 1.50 bits per heavy atom. The number of aliphatic carboxylic acids is 1. The number of nitrogens with one attached hydrogen (secondary N) is 3. The summed E-state index contributed by atoms with van der Waals surface area (Å²) in [6.07, 6.45) is -20.1. The third kappa shape index (κ3) is 17.4. The molecule has 14 rings (SSSR count). The second-order valence-electron chi connectivity index (χ2n) is 26.8. The molecule has 18 atom stereocenters. The van der Waals surface area contributed by atoms with Crippen molar-refractivity contribution in [3.05, 3.63) is 275 Å². The summed E-state index contributed by atoms with van der Waals surface area (Å²) in [5.74, 6) is -3.30. The van der Waals surface area contributed by atoms with Crippen molar-refractivity contribution in [3.8, 4) is 11.1 Å². The molecule has 106 heavy (non-hydrogen) atoms. The Morgan fingerprint density at radius 2 is 0.972 bits per heavy atom. The molecular weight excluding hydrogens is 1360 g/mol. The first-order valence-corrected chi connectivity index (χ1v) is 35.5. The van der Waals surface area contributed by atoms with Gasteiger partial charge in [0.1, 0.15) is 73.7 Å². The summed E-state index contributed by atoms with van der Waals surface area (Å²) in [4.78, 5) is 55.1. The normalized spacial score (nSPS) is 28.5. The summed E-state index contributed by atoms with van der Waals surface area (Å²) in [5.41, 5.74) is 5.60. The monoisotopic (exact) mass is 1450 g/mol. The molecule has 8 aromatic carbocycles. The number of hydrogen-bond acceptors (Lipinski definition) is 20. The van der Waals surface area contributed by atoms with E-state index in [0.29, 0.717) is 5.56 Å². The Hall–Kier alpha value is -9.16. The van der Waals surface area contributed by atoms with Gasteiger partial charge in [-0.2, -0.15) is 0 Å². The van der Waals surface area contributed by atoms with Gasteiger partial charge < -0.3 is 97.2 Å². The van der Waals surface area contributed by atoms with Gasteiger partial charge in [-0.05, 0) is 44.5 Å². The lowest BCUT2D eigenvalue weighted by Gasteiger charge is -2.55. The zero-order valence-electron chi connectivity index (χ0n) is 58.3. The fraction of sp³-hybridized carbons (Fsp3) is 0.366. The van der Waals surface area contributed by atoms with E-state index in [4.69, 9.17) is 71.1 Å². The van der Waals surface area contributed by atoms with Gasteiger partial charge in [0.2, 0.25) is 23.8 Å². The van der Waals surface area contributed by atoms with Crippen LogP contribution in [0.4, 0.5) is 4.79 Å². The fourth-order valence-electron chi connectivity index (χ4n) is 14.4. The van der Waals surface area contributed by atoms with Crippen LogP contribution < -0.4 is 16.0 Å². The largest absolute Gasteiger partial charge is 0.480 e. The Bertz CT molecular complexity index is 4130. The summed E-state index contributed by atoms with van der Waals surface area (Å²) in [7, 11) is 0. The number of hydrogen-bond donors (Lipinski definition) is 5. The molecular formula is C82H85N3O21. The van der Waals surface area contributed by atoms with Crippen molar-refractivity contribution < 1.29 is 100 Å².